The van der Waals surface area contributed by atoms with Crippen molar-refractivity contribution in [2.45, 2.75) is 44.9 Å². The van der Waals surface area contributed by atoms with Crippen LogP contribution in [0.5, 0.6) is 0 Å². The van der Waals surface area contributed by atoms with Crippen LogP contribution in [0.1, 0.15) is 42.9 Å². The fraction of sp³-hybridized carbons (Fsp3) is 0.538. The van der Waals surface area contributed by atoms with Crippen molar-refractivity contribution < 1.29 is 18.0 Å². The van der Waals surface area contributed by atoms with E-state index in [1.54, 1.807) is 9.80 Å². The van der Waals surface area contributed by atoms with Crippen LogP contribution in [0.3, 0.4) is 0 Å². The molecule has 0 saturated carbocycles. The molecule has 8 nitrogen and oxygen atoms in total. The number of anilines is 1. The monoisotopic (exact) mass is 515 g/mol. The molecule has 198 valence electrons. The molecule has 3 heterocycles. The molecule has 0 aliphatic carbocycles. The average molecular weight is 516 g/mol. The molecule has 4 rings (SSSR count). The van der Waals surface area contributed by atoms with Crippen molar-refractivity contribution in [2.75, 3.05) is 44.2 Å². The molecule has 2 aliphatic rings. The van der Waals surface area contributed by atoms with Crippen LogP contribution in [-0.4, -0.2) is 71.1 Å². The van der Waals surface area contributed by atoms with Gasteiger partial charge in [-0.05, 0) is 62.9 Å². The molecule has 1 atom stereocenters. The van der Waals surface area contributed by atoms with Gasteiger partial charge in [0.1, 0.15) is 0 Å². The van der Waals surface area contributed by atoms with Crippen LogP contribution in [0.15, 0.2) is 36.7 Å². The van der Waals surface area contributed by atoms with Crippen LogP contribution >= 0.6 is 0 Å². The van der Waals surface area contributed by atoms with Crippen LogP contribution in [-0.2, 0) is 12.7 Å². The van der Waals surface area contributed by atoms with E-state index in [0.29, 0.717) is 37.7 Å². The number of benzene rings is 1. The molecule has 1 N–H and O–H groups in total. The van der Waals surface area contributed by atoms with Gasteiger partial charge in [-0.1, -0.05) is 12.1 Å². The number of urea groups is 1. The number of carbonyl (C=O) groups excluding carboxylic acids is 1. The third-order valence-electron chi connectivity index (χ3n) is 7.13. The van der Waals surface area contributed by atoms with Gasteiger partial charge in [0.25, 0.3) is 0 Å². The molecule has 0 spiro atoms. The maximum absolute atomic E-state index is 12.8. The second kappa shape index (κ2) is 11.8. The van der Waals surface area contributed by atoms with E-state index in [2.05, 4.69) is 32.3 Å². The third-order valence-corrected chi connectivity index (χ3v) is 7.13. The number of hydrogen-bond acceptors (Lipinski definition) is 6. The highest BCUT2D eigenvalue weighted by molar-refractivity contribution is 5.74. The van der Waals surface area contributed by atoms with Crippen molar-refractivity contribution >= 4 is 12.0 Å². The number of alkyl halides is 3. The molecule has 37 heavy (non-hydrogen) atoms. The first-order valence-electron chi connectivity index (χ1n) is 12.6. The first-order chi connectivity index (χ1) is 17.7. The Bertz CT molecular complexity index is 1090. The van der Waals surface area contributed by atoms with Gasteiger partial charge in [0.2, 0.25) is 5.95 Å². The van der Waals surface area contributed by atoms with Crippen molar-refractivity contribution in [3.05, 3.63) is 53.3 Å². The number of amides is 2. The van der Waals surface area contributed by atoms with Crippen molar-refractivity contribution in [3.8, 4) is 6.07 Å². The molecule has 2 aromatic rings. The van der Waals surface area contributed by atoms with E-state index in [1.165, 1.54) is 0 Å². The molecular weight excluding hydrogens is 483 g/mol. The standard InChI is InChI=1S/C26H32F3N7O/c1-19-17-35(24-32-15-23(16-33-24)26(27,28)29)11-12-36(19)25(37)31-8-5-20-6-9-34(10-7-20)18-22-4-2-3-21(13-22)14-30/h2-4,13,15-16,19-20H,5-12,17-18H2,1H3,(H,31,37)/t19-/m1/s1. The third kappa shape index (κ3) is 7.10. The van der Waals surface area contributed by atoms with Gasteiger partial charge in [0.15, 0.2) is 0 Å². The maximum Gasteiger partial charge on any atom is 0.419 e. The van der Waals surface area contributed by atoms with Crippen LogP contribution in [0.2, 0.25) is 0 Å². The number of aromatic nitrogens is 2. The predicted octanol–water partition coefficient (Wildman–Crippen LogP) is 3.89. The summed E-state index contributed by atoms with van der Waals surface area (Å²) in [6.45, 7) is 6.73. The minimum Gasteiger partial charge on any atom is -0.338 e. The van der Waals surface area contributed by atoms with Gasteiger partial charge in [-0.25, -0.2) is 14.8 Å². The van der Waals surface area contributed by atoms with Crippen molar-refractivity contribution in [2.24, 2.45) is 5.92 Å². The first kappa shape index (κ1) is 26.7. The molecule has 2 saturated heterocycles. The van der Waals surface area contributed by atoms with Crippen LogP contribution in [0, 0.1) is 17.2 Å². The normalized spacial score (nSPS) is 19.5. The van der Waals surface area contributed by atoms with Crippen LogP contribution in [0.25, 0.3) is 0 Å². The van der Waals surface area contributed by atoms with Gasteiger partial charge < -0.3 is 15.1 Å². The molecule has 0 radical (unpaired) electrons. The average Bonchev–Trinajstić information content (AvgIpc) is 2.89. The smallest absolute Gasteiger partial charge is 0.338 e. The van der Waals surface area contributed by atoms with E-state index in [0.717, 1.165) is 56.9 Å². The SMILES string of the molecule is C[C@@H]1CN(c2ncc(C(F)(F)F)cn2)CCN1C(=O)NCCC1CCN(Cc2cccc(C#N)c2)CC1. The number of nitrogens with one attached hydrogen (secondary N) is 1. The van der Waals surface area contributed by atoms with Gasteiger partial charge in [-0.15, -0.1) is 0 Å². The second-order valence-electron chi connectivity index (χ2n) is 9.81. The van der Waals surface area contributed by atoms with Gasteiger partial charge in [-0.3, -0.25) is 4.90 Å². The van der Waals surface area contributed by atoms with Crippen molar-refractivity contribution in [1.29, 1.82) is 5.26 Å². The van der Waals surface area contributed by atoms with E-state index in [1.807, 2.05) is 25.1 Å². The van der Waals surface area contributed by atoms with Gasteiger partial charge in [0, 0.05) is 51.2 Å². The number of hydrogen-bond donors (Lipinski definition) is 1. The Balaban J connectivity index is 1.16. The summed E-state index contributed by atoms with van der Waals surface area (Å²) in [4.78, 5) is 26.5. The summed E-state index contributed by atoms with van der Waals surface area (Å²) in [6.07, 6.45) is 0.208. The zero-order valence-corrected chi connectivity index (χ0v) is 20.9. The Labute approximate surface area is 215 Å². The Morgan fingerprint density at radius 1 is 1.16 bits per heavy atom. The van der Waals surface area contributed by atoms with Gasteiger partial charge >= 0.3 is 12.2 Å². The summed E-state index contributed by atoms with van der Waals surface area (Å²) in [6, 6.07) is 9.69. The van der Waals surface area contributed by atoms with E-state index in [-0.39, 0.29) is 18.0 Å². The molecule has 11 heteroatoms. The number of likely N-dealkylation sites (tertiary alicyclic amines) is 1. The minimum atomic E-state index is -4.47. The largest absolute Gasteiger partial charge is 0.419 e. The van der Waals surface area contributed by atoms with Crippen LogP contribution in [0.4, 0.5) is 23.9 Å². The Kier molecular flexibility index (Phi) is 8.48. The minimum absolute atomic E-state index is 0.115. The van der Waals surface area contributed by atoms with Crippen molar-refractivity contribution in [3.63, 3.8) is 0 Å². The lowest BCUT2D eigenvalue weighted by Gasteiger charge is -2.39. The fourth-order valence-corrected chi connectivity index (χ4v) is 4.99. The molecule has 1 aromatic carbocycles. The number of nitrogens with zero attached hydrogens (tertiary/aromatic N) is 6. The number of piperidine rings is 1. The Hall–Kier alpha value is -3.39. The molecule has 2 aliphatic heterocycles. The lowest BCUT2D eigenvalue weighted by atomic mass is 9.93. The fourth-order valence-electron chi connectivity index (χ4n) is 4.99. The first-order valence-corrected chi connectivity index (χ1v) is 12.6. The highest BCUT2D eigenvalue weighted by Gasteiger charge is 2.33. The summed E-state index contributed by atoms with van der Waals surface area (Å²) in [5, 5.41) is 12.1. The zero-order chi connectivity index (χ0) is 26.4. The molecule has 2 fully saturated rings. The molecule has 1 aromatic heterocycles. The van der Waals surface area contributed by atoms with E-state index in [9.17, 15) is 18.0 Å². The summed E-state index contributed by atoms with van der Waals surface area (Å²) >= 11 is 0. The summed E-state index contributed by atoms with van der Waals surface area (Å²) in [5.41, 5.74) is 0.967. The summed E-state index contributed by atoms with van der Waals surface area (Å²) in [5.74, 6) is 0.803. The number of rotatable bonds is 6. The number of nitriles is 1. The number of carbonyl (C=O) groups is 1. The van der Waals surface area contributed by atoms with Gasteiger partial charge in [0.05, 0.1) is 17.2 Å². The summed E-state index contributed by atoms with van der Waals surface area (Å²) < 4.78 is 38.3. The van der Waals surface area contributed by atoms with E-state index in [4.69, 9.17) is 5.26 Å². The molecule has 2 amide bonds. The lowest BCUT2D eigenvalue weighted by molar-refractivity contribution is -0.138. The lowest BCUT2D eigenvalue weighted by Crippen LogP contribution is -2.57. The zero-order valence-electron chi connectivity index (χ0n) is 20.9. The predicted molar refractivity (Wildman–Crippen MR) is 133 cm³/mol. The van der Waals surface area contributed by atoms with Crippen molar-refractivity contribution in [1.82, 2.24) is 25.1 Å². The maximum atomic E-state index is 12.8. The molecular formula is C26H32F3N7O. The second-order valence-corrected chi connectivity index (χ2v) is 9.81. The highest BCUT2D eigenvalue weighted by Crippen LogP contribution is 2.28. The topological polar surface area (TPSA) is 88.4 Å². The highest BCUT2D eigenvalue weighted by atomic mass is 19.4. The van der Waals surface area contributed by atoms with E-state index >= 15 is 0 Å². The Morgan fingerprint density at radius 2 is 1.89 bits per heavy atom. The van der Waals surface area contributed by atoms with Crippen LogP contribution < -0.4 is 10.2 Å². The number of halogens is 3. The molecule has 0 unspecified atom stereocenters. The Morgan fingerprint density at radius 3 is 2.54 bits per heavy atom. The van der Waals surface area contributed by atoms with Gasteiger partial charge in [-0.2, -0.15) is 18.4 Å². The quantitative estimate of drug-likeness (QED) is 0.628. The summed E-state index contributed by atoms with van der Waals surface area (Å²) in [7, 11) is 0. The van der Waals surface area contributed by atoms with E-state index < -0.39 is 11.7 Å². The number of piperazine rings is 1. The molecule has 0 bridgehead atoms.